The number of urea groups is 1. The summed E-state index contributed by atoms with van der Waals surface area (Å²) >= 11 is 6.10. The number of hydrogen-bond donors (Lipinski definition) is 2. The van der Waals surface area contributed by atoms with Gasteiger partial charge in [-0.25, -0.2) is 17.9 Å². The molecule has 0 aliphatic rings. The zero-order valence-electron chi connectivity index (χ0n) is 18.4. The zero-order chi connectivity index (χ0) is 23.0. The SMILES string of the molecule is Cc1nn(C)c(-n2ccc3cc(Cl)ccc32)c1CCS(=O)(=O)NC(=O)NCC(C)(C)C. The van der Waals surface area contributed by atoms with E-state index in [0.29, 0.717) is 11.6 Å². The fraction of sp³-hybridized carbons (Fsp3) is 0.429. The van der Waals surface area contributed by atoms with Crippen molar-refractivity contribution in [1.82, 2.24) is 24.4 Å². The van der Waals surface area contributed by atoms with Gasteiger partial charge in [-0.2, -0.15) is 5.10 Å². The predicted octanol–water partition coefficient (Wildman–Crippen LogP) is 3.54. The lowest BCUT2D eigenvalue weighted by Crippen LogP contribution is -2.43. The highest BCUT2D eigenvalue weighted by molar-refractivity contribution is 7.90. The Morgan fingerprint density at radius 3 is 2.61 bits per heavy atom. The molecule has 0 bridgehead atoms. The van der Waals surface area contributed by atoms with E-state index < -0.39 is 16.1 Å². The molecule has 0 aliphatic heterocycles. The summed E-state index contributed by atoms with van der Waals surface area (Å²) in [5.41, 5.74) is 2.33. The summed E-state index contributed by atoms with van der Waals surface area (Å²) in [6, 6.07) is 6.84. The topological polar surface area (TPSA) is 98.0 Å². The van der Waals surface area contributed by atoms with Gasteiger partial charge < -0.3 is 9.88 Å². The van der Waals surface area contributed by atoms with Gasteiger partial charge in [-0.15, -0.1) is 0 Å². The molecule has 3 aromatic rings. The first-order valence-corrected chi connectivity index (χ1v) is 12.0. The van der Waals surface area contributed by atoms with Crippen LogP contribution in [0.3, 0.4) is 0 Å². The fourth-order valence-electron chi connectivity index (χ4n) is 3.39. The van der Waals surface area contributed by atoms with Crippen LogP contribution in [0.2, 0.25) is 5.02 Å². The molecule has 0 saturated carbocycles. The van der Waals surface area contributed by atoms with Gasteiger partial charge in [0.15, 0.2) is 0 Å². The molecule has 0 saturated heterocycles. The van der Waals surface area contributed by atoms with Gasteiger partial charge in [-0.05, 0) is 43.0 Å². The number of sulfonamides is 1. The van der Waals surface area contributed by atoms with Crippen LogP contribution in [0.4, 0.5) is 4.79 Å². The van der Waals surface area contributed by atoms with Gasteiger partial charge in [-0.1, -0.05) is 32.4 Å². The van der Waals surface area contributed by atoms with Crippen molar-refractivity contribution < 1.29 is 13.2 Å². The summed E-state index contributed by atoms with van der Waals surface area (Å²) in [4.78, 5) is 12.0. The Balaban J connectivity index is 1.81. The van der Waals surface area contributed by atoms with Crippen LogP contribution >= 0.6 is 11.6 Å². The van der Waals surface area contributed by atoms with E-state index in [1.807, 2.05) is 69.8 Å². The minimum atomic E-state index is -3.81. The van der Waals surface area contributed by atoms with Crippen molar-refractivity contribution >= 4 is 38.6 Å². The Morgan fingerprint density at radius 1 is 1.23 bits per heavy atom. The average molecular weight is 466 g/mol. The summed E-state index contributed by atoms with van der Waals surface area (Å²) in [5.74, 6) is 0.544. The number of halogens is 1. The lowest BCUT2D eigenvalue weighted by Gasteiger charge is -2.18. The molecule has 0 spiro atoms. The molecule has 2 heterocycles. The van der Waals surface area contributed by atoms with Crippen LogP contribution in [-0.2, 0) is 23.5 Å². The molecule has 0 radical (unpaired) electrons. The highest BCUT2D eigenvalue weighted by atomic mass is 35.5. The maximum Gasteiger partial charge on any atom is 0.328 e. The first kappa shape index (κ1) is 23.1. The monoisotopic (exact) mass is 465 g/mol. The molecule has 1 aromatic carbocycles. The number of hydrogen-bond acceptors (Lipinski definition) is 4. The molecule has 0 fully saturated rings. The van der Waals surface area contributed by atoms with Crippen LogP contribution in [0, 0.1) is 12.3 Å². The normalized spacial score (nSPS) is 12.3. The summed E-state index contributed by atoms with van der Waals surface area (Å²) in [7, 11) is -1.99. The van der Waals surface area contributed by atoms with Gasteiger partial charge in [0.25, 0.3) is 0 Å². The minimum absolute atomic E-state index is 0.146. The van der Waals surface area contributed by atoms with Crippen molar-refractivity contribution in [2.24, 2.45) is 12.5 Å². The number of benzene rings is 1. The lowest BCUT2D eigenvalue weighted by atomic mass is 9.97. The van der Waals surface area contributed by atoms with Crippen LogP contribution in [-0.4, -0.2) is 41.1 Å². The molecule has 2 aromatic heterocycles. The standard InChI is InChI=1S/C21H28ClN5O3S/c1-14-17(9-11-31(29,30)25-20(28)23-13-21(2,3)4)19(26(5)24-14)27-10-8-15-12-16(22)6-7-18(15)27/h6-8,10,12H,9,11,13H2,1-5H3,(H2,23,25,28). The molecule has 8 nitrogen and oxygen atoms in total. The highest BCUT2D eigenvalue weighted by Gasteiger charge is 2.21. The molecule has 2 amide bonds. The smallest absolute Gasteiger partial charge is 0.328 e. The second-order valence-electron chi connectivity index (χ2n) is 8.81. The van der Waals surface area contributed by atoms with Gasteiger partial charge in [0.05, 0.1) is 17.0 Å². The van der Waals surface area contributed by atoms with E-state index in [4.69, 9.17) is 11.6 Å². The van der Waals surface area contributed by atoms with Crippen LogP contribution < -0.4 is 10.0 Å². The molecular formula is C21H28ClN5O3S. The molecular weight excluding hydrogens is 438 g/mol. The summed E-state index contributed by atoms with van der Waals surface area (Å²) in [6.45, 7) is 8.07. The van der Waals surface area contributed by atoms with Crippen molar-refractivity contribution in [1.29, 1.82) is 0 Å². The van der Waals surface area contributed by atoms with Crippen molar-refractivity contribution in [3.63, 3.8) is 0 Å². The molecule has 3 rings (SSSR count). The van der Waals surface area contributed by atoms with Crippen molar-refractivity contribution in [3.8, 4) is 5.82 Å². The number of carbonyl (C=O) groups is 1. The van der Waals surface area contributed by atoms with Crippen molar-refractivity contribution in [2.75, 3.05) is 12.3 Å². The molecule has 0 aliphatic carbocycles. The van der Waals surface area contributed by atoms with Gasteiger partial charge in [0, 0.05) is 35.8 Å². The van der Waals surface area contributed by atoms with E-state index in [0.717, 1.165) is 28.0 Å². The van der Waals surface area contributed by atoms with E-state index in [2.05, 4.69) is 15.1 Å². The van der Waals surface area contributed by atoms with E-state index >= 15 is 0 Å². The quantitative estimate of drug-likeness (QED) is 0.581. The van der Waals surface area contributed by atoms with Crippen LogP contribution in [0.1, 0.15) is 32.0 Å². The number of aryl methyl sites for hydroxylation is 2. The molecule has 2 N–H and O–H groups in total. The number of aromatic nitrogens is 3. The number of carbonyl (C=O) groups excluding carboxylic acids is 1. The van der Waals surface area contributed by atoms with Crippen LogP contribution in [0.15, 0.2) is 30.5 Å². The van der Waals surface area contributed by atoms with Crippen LogP contribution in [0.25, 0.3) is 16.7 Å². The minimum Gasteiger partial charge on any atom is -0.337 e. The van der Waals surface area contributed by atoms with Gasteiger partial charge in [-0.3, -0.25) is 4.68 Å². The number of fused-ring (bicyclic) bond motifs is 1. The van der Waals surface area contributed by atoms with Gasteiger partial charge in [0.1, 0.15) is 5.82 Å². The van der Waals surface area contributed by atoms with Crippen LogP contribution in [0.5, 0.6) is 0 Å². The maximum absolute atomic E-state index is 12.5. The second kappa shape index (κ2) is 8.55. The van der Waals surface area contributed by atoms with E-state index in [9.17, 15) is 13.2 Å². The molecule has 10 heteroatoms. The predicted molar refractivity (Wildman–Crippen MR) is 123 cm³/mol. The first-order chi connectivity index (χ1) is 14.4. The van der Waals surface area contributed by atoms with E-state index in [1.165, 1.54) is 0 Å². The zero-order valence-corrected chi connectivity index (χ0v) is 19.9. The summed E-state index contributed by atoms with van der Waals surface area (Å²) in [6.07, 6.45) is 2.12. The largest absolute Gasteiger partial charge is 0.337 e. The third-order valence-corrected chi connectivity index (χ3v) is 6.31. The van der Waals surface area contributed by atoms with Crippen molar-refractivity contribution in [3.05, 3.63) is 46.7 Å². The van der Waals surface area contributed by atoms with E-state index in [1.54, 1.807) is 4.68 Å². The Hall–Kier alpha value is -2.52. The lowest BCUT2D eigenvalue weighted by molar-refractivity contribution is 0.240. The summed E-state index contributed by atoms with van der Waals surface area (Å²) < 4.78 is 30.8. The van der Waals surface area contributed by atoms with E-state index in [-0.39, 0.29) is 17.6 Å². The Kier molecular flexibility index (Phi) is 6.38. The number of rotatable bonds is 6. The third kappa shape index (κ3) is 5.59. The summed E-state index contributed by atoms with van der Waals surface area (Å²) in [5, 5.41) is 8.70. The Bertz CT molecular complexity index is 1220. The number of nitrogens with one attached hydrogen (secondary N) is 2. The number of amides is 2. The molecule has 0 unspecified atom stereocenters. The van der Waals surface area contributed by atoms with Gasteiger partial charge in [0.2, 0.25) is 10.0 Å². The Labute approximate surface area is 187 Å². The third-order valence-electron chi connectivity index (χ3n) is 4.84. The molecule has 31 heavy (non-hydrogen) atoms. The highest BCUT2D eigenvalue weighted by Crippen LogP contribution is 2.27. The van der Waals surface area contributed by atoms with Crippen molar-refractivity contribution in [2.45, 2.75) is 34.1 Å². The Morgan fingerprint density at radius 2 is 1.94 bits per heavy atom. The number of nitrogens with zero attached hydrogens (tertiary/aromatic N) is 3. The molecule has 168 valence electrons. The maximum atomic E-state index is 12.5. The second-order valence-corrected chi connectivity index (χ2v) is 11.1. The van der Waals surface area contributed by atoms with Gasteiger partial charge >= 0.3 is 6.03 Å². The fourth-order valence-corrected chi connectivity index (χ4v) is 4.50. The average Bonchev–Trinajstić information content (AvgIpc) is 3.16. The first-order valence-electron chi connectivity index (χ1n) is 9.94. The molecule has 0 atom stereocenters.